The molecule has 0 aromatic heterocycles. The summed E-state index contributed by atoms with van der Waals surface area (Å²) < 4.78 is 0. The number of hydrogen-bond donors (Lipinski definition) is 0. The lowest BCUT2D eigenvalue weighted by Crippen LogP contribution is -2.07. The maximum atomic E-state index is 9.90. The first-order valence-corrected chi connectivity index (χ1v) is 4.30. The fraction of sp³-hybridized carbons (Fsp3) is 0.400. The molecular weight excluding hydrogens is 180 g/mol. The first-order chi connectivity index (χ1) is 6.86. The molecule has 0 saturated heterocycles. The van der Waals surface area contributed by atoms with Gasteiger partial charge in [-0.3, -0.25) is 0 Å². The van der Waals surface area contributed by atoms with Crippen LogP contribution < -0.4 is 0 Å². The molecule has 0 heterocycles. The van der Waals surface area contributed by atoms with Gasteiger partial charge in [-0.1, -0.05) is 18.2 Å². The molecule has 0 N–H and O–H groups in total. The molecule has 0 radical (unpaired) electrons. The minimum Gasteiger partial charge on any atom is -0.211 e. The highest BCUT2D eigenvalue weighted by atomic mass is 16.1. The molecule has 4 nitrogen and oxygen atoms in total. The SMILES string of the molecule is O=C=NCC1=CC=CC(CN=C=O)C1. The summed E-state index contributed by atoms with van der Waals surface area (Å²) in [7, 11) is 0. The Hall–Kier alpha value is -1.76. The Balaban J connectivity index is 2.50. The van der Waals surface area contributed by atoms with Crippen molar-refractivity contribution in [1.82, 2.24) is 0 Å². The van der Waals surface area contributed by atoms with E-state index >= 15 is 0 Å². The van der Waals surface area contributed by atoms with Crippen molar-refractivity contribution in [2.45, 2.75) is 6.42 Å². The molecule has 0 saturated carbocycles. The molecule has 0 aromatic carbocycles. The minimum atomic E-state index is 0.221. The summed E-state index contributed by atoms with van der Waals surface area (Å²) in [5.74, 6) is 0.221. The first kappa shape index (κ1) is 10.3. The lowest BCUT2D eigenvalue weighted by Gasteiger charge is -2.13. The summed E-state index contributed by atoms with van der Waals surface area (Å²) >= 11 is 0. The zero-order valence-electron chi connectivity index (χ0n) is 7.64. The summed E-state index contributed by atoms with van der Waals surface area (Å²) in [6, 6.07) is 0. The topological polar surface area (TPSA) is 58.9 Å². The van der Waals surface area contributed by atoms with Crippen molar-refractivity contribution in [3.8, 4) is 0 Å². The number of aliphatic imine (C=N–C) groups is 2. The number of allylic oxidation sites excluding steroid dienone is 2. The standard InChI is InChI=1S/C10H10N2O2/c13-7-11-5-9-2-1-3-10(4-9)6-12-8-14/h1-3,9H,4-6H2. The van der Waals surface area contributed by atoms with Gasteiger partial charge >= 0.3 is 0 Å². The molecule has 0 aliphatic heterocycles. The van der Waals surface area contributed by atoms with Gasteiger partial charge in [-0.2, -0.15) is 0 Å². The van der Waals surface area contributed by atoms with Crippen LogP contribution in [0.25, 0.3) is 0 Å². The van der Waals surface area contributed by atoms with Crippen molar-refractivity contribution in [3.63, 3.8) is 0 Å². The average molecular weight is 190 g/mol. The van der Waals surface area contributed by atoms with Crippen LogP contribution in [0.1, 0.15) is 6.42 Å². The van der Waals surface area contributed by atoms with Crippen LogP contribution in [0.2, 0.25) is 0 Å². The van der Waals surface area contributed by atoms with Crippen LogP contribution in [0.5, 0.6) is 0 Å². The highest BCUT2D eigenvalue weighted by Gasteiger charge is 2.10. The first-order valence-electron chi connectivity index (χ1n) is 4.30. The molecule has 72 valence electrons. The molecular formula is C10H10N2O2. The second kappa shape index (κ2) is 5.81. The lowest BCUT2D eigenvalue weighted by molar-refractivity contribution is 0.557. The van der Waals surface area contributed by atoms with Gasteiger partial charge in [0.1, 0.15) is 0 Å². The van der Waals surface area contributed by atoms with E-state index in [1.807, 2.05) is 18.2 Å². The van der Waals surface area contributed by atoms with E-state index < -0.39 is 0 Å². The predicted octanol–water partition coefficient (Wildman–Crippen LogP) is 1.16. The van der Waals surface area contributed by atoms with Crippen LogP contribution in [0.3, 0.4) is 0 Å². The van der Waals surface area contributed by atoms with Crippen molar-refractivity contribution in [2.24, 2.45) is 15.9 Å². The van der Waals surface area contributed by atoms with Gasteiger partial charge in [0.25, 0.3) is 0 Å². The Bertz CT molecular complexity index is 345. The van der Waals surface area contributed by atoms with E-state index in [2.05, 4.69) is 9.98 Å². The van der Waals surface area contributed by atoms with Crippen LogP contribution in [-0.2, 0) is 9.59 Å². The maximum Gasteiger partial charge on any atom is 0.235 e. The Morgan fingerprint density at radius 2 is 2.14 bits per heavy atom. The minimum absolute atomic E-state index is 0.221. The molecule has 0 spiro atoms. The van der Waals surface area contributed by atoms with Crippen LogP contribution in [0, 0.1) is 5.92 Å². The largest absolute Gasteiger partial charge is 0.235 e. The van der Waals surface area contributed by atoms with Crippen molar-refractivity contribution in [3.05, 3.63) is 23.8 Å². The Labute approximate surface area is 81.8 Å². The van der Waals surface area contributed by atoms with E-state index in [0.29, 0.717) is 13.1 Å². The van der Waals surface area contributed by atoms with E-state index in [9.17, 15) is 9.59 Å². The Morgan fingerprint density at radius 1 is 1.36 bits per heavy atom. The van der Waals surface area contributed by atoms with E-state index in [1.165, 1.54) is 12.2 Å². The zero-order chi connectivity index (χ0) is 10.2. The third-order valence-electron chi connectivity index (χ3n) is 1.98. The monoisotopic (exact) mass is 190 g/mol. The van der Waals surface area contributed by atoms with Crippen LogP contribution in [0.4, 0.5) is 0 Å². The van der Waals surface area contributed by atoms with Gasteiger partial charge in [0.2, 0.25) is 12.2 Å². The van der Waals surface area contributed by atoms with Gasteiger partial charge in [0, 0.05) is 5.92 Å². The zero-order valence-corrected chi connectivity index (χ0v) is 7.64. The molecule has 1 aliphatic carbocycles. The van der Waals surface area contributed by atoms with Gasteiger partial charge < -0.3 is 0 Å². The molecule has 1 rings (SSSR count). The third-order valence-corrected chi connectivity index (χ3v) is 1.98. The highest BCUT2D eigenvalue weighted by molar-refractivity contribution is 5.35. The number of carbonyl (C=O) groups excluding carboxylic acids is 2. The van der Waals surface area contributed by atoms with E-state index in [1.54, 1.807) is 0 Å². The fourth-order valence-electron chi connectivity index (χ4n) is 1.35. The summed E-state index contributed by atoms with van der Waals surface area (Å²) in [6.07, 6.45) is 9.58. The molecule has 0 fully saturated rings. The summed E-state index contributed by atoms with van der Waals surface area (Å²) in [5.41, 5.74) is 1.06. The quantitative estimate of drug-likeness (QED) is 0.493. The van der Waals surface area contributed by atoms with E-state index in [-0.39, 0.29) is 5.92 Å². The van der Waals surface area contributed by atoms with Crippen molar-refractivity contribution in [1.29, 1.82) is 0 Å². The summed E-state index contributed by atoms with van der Waals surface area (Å²) in [6.45, 7) is 0.831. The van der Waals surface area contributed by atoms with E-state index in [0.717, 1.165) is 12.0 Å². The van der Waals surface area contributed by atoms with Gasteiger partial charge in [0.15, 0.2) is 0 Å². The van der Waals surface area contributed by atoms with Gasteiger partial charge in [-0.15, -0.1) is 0 Å². The molecule has 1 unspecified atom stereocenters. The van der Waals surface area contributed by atoms with Gasteiger partial charge in [0.05, 0.1) is 13.1 Å². The second-order valence-corrected chi connectivity index (χ2v) is 3.01. The molecule has 0 bridgehead atoms. The molecule has 14 heavy (non-hydrogen) atoms. The smallest absolute Gasteiger partial charge is 0.211 e. The van der Waals surface area contributed by atoms with Crippen molar-refractivity contribution < 1.29 is 9.59 Å². The molecule has 1 atom stereocenters. The Kier molecular flexibility index (Phi) is 4.29. The van der Waals surface area contributed by atoms with Crippen molar-refractivity contribution in [2.75, 3.05) is 13.1 Å². The number of isocyanates is 2. The summed E-state index contributed by atoms with van der Waals surface area (Å²) in [4.78, 5) is 26.8. The highest BCUT2D eigenvalue weighted by Crippen LogP contribution is 2.18. The average Bonchev–Trinajstić information content (AvgIpc) is 2.24. The third kappa shape index (κ3) is 3.31. The van der Waals surface area contributed by atoms with Crippen LogP contribution in [0.15, 0.2) is 33.8 Å². The van der Waals surface area contributed by atoms with Gasteiger partial charge in [-0.05, 0) is 12.0 Å². The molecule has 0 amide bonds. The predicted molar refractivity (Wildman–Crippen MR) is 51.3 cm³/mol. The molecule has 1 aliphatic rings. The number of rotatable bonds is 4. The Morgan fingerprint density at radius 3 is 2.86 bits per heavy atom. The molecule has 4 heteroatoms. The van der Waals surface area contributed by atoms with E-state index in [4.69, 9.17) is 0 Å². The summed E-state index contributed by atoms with van der Waals surface area (Å²) in [5, 5.41) is 0. The van der Waals surface area contributed by atoms with Gasteiger partial charge in [-0.25, -0.2) is 19.6 Å². The fourth-order valence-corrected chi connectivity index (χ4v) is 1.35. The number of hydrogen-bond acceptors (Lipinski definition) is 4. The van der Waals surface area contributed by atoms with Crippen LogP contribution >= 0.6 is 0 Å². The van der Waals surface area contributed by atoms with Crippen molar-refractivity contribution >= 4 is 12.2 Å². The normalized spacial score (nSPS) is 19.1. The van der Waals surface area contributed by atoms with Crippen LogP contribution in [-0.4, -0.2) is 25.2 Å². The lowest BCUT2D eigenvalue weighted by atomic mass is 9.94. The molecule has 0 aromatic rings. The maximum absolute atomic E-state index is 9.90. The number of nitrogens with zero attached hydrogens (tertiary/aromatic N) is 2. The second-order valence-electron chi connectivity index (χ2n) is 3.01.